The van der Waals surface area contributed by atoms with Gasteiger partial charge in [-0.3, -0.25) is 24.7 Å². The van der Waals surface area contributed by atoms with E-state index in [1.54, 1.807) is 18.2 Å². The Kier molecular flexibility index (Phi) is 6.19. The zero-order chi connectivity index (χ0) is 21.1. The minimum Gasteiger partial charge on any atom is -0.495 e. The molecule has 9 heteroatoms. The van der Waals surface area contributed by atoms with E-state index in [2.05, 4.69) is 15.5 Å². The number of carbonyl (C=O) groups excluding carboxylic acids is 3. The minimum absolute atomic E-state index is 0.0360. The van der Waals surface area contributed by atoms with Gasteiger partial charge in [-0.15, -0.1) is 0 Å². The van der Waals surface area contributed by atoms with Crippen LogP contribution in [0, 0.1) is 0 Å². The van der Waals surface area contributed by atoms with Crippen molar-refractivity contribution in [1.29, 1.82) is 0 Å². The third kappa shape index (κ3) is 4.27. The molecule has 0 aliphatic carbocycles. The smallest absolute Gasteiger partial charge is 0.328 e. The highest BCUT2D eigenvalue weighted by Gasteiger charge is 2.30. The number of piperidine rings is 1. The van der Waals surface area contributed by atoms with Crippen molar-refractivity contribution in [3.8, 4) is 5.75 Å². The van der Waals surface area contributed by atoms with Gasteiger partial charge >= 0.3 is 6.03 Å². The molecular formula is C21H29N5O4. The van der Waals surface area contributed by atoms with Crippen molar-refractivity contribution in [3.05, 3.63) is 23.8 Å². The Labute approximate surface area is 176 Å². The lowest BCUT2D eigenvalue weighted by molar-refractivity contribution is -0.120. The standard InChI is InChI=1S/C21H29N5O4/c1-30-18-3-2-15(14-17(18)26-11-6-19(27)23-21(26)29)20(28)25-9-4-16(5-10-25)24-12-7-22-8-13-24/h2-3,14,16,22H,4-13H2,1H3,(H,23,27,29). The second kappa shape index (κ2) is 9.01. The first-order chi connectivity index (χ1) is 14.6. The molecule has 162 valence electrons. The van der Waals surface area contributed by atoms with Gasteiger partial charge < -0.3 is 15.0 Å². The molecule has 0 saturated carbocycles. The van der Waals surface area contributed by atoms with E-state index in [9.17, 15) is 14.4 Å². The summed E-state index contributed by atoms with van der Waals surface area (Å²) in [5, 5.41) is 5.70. The summed E-state index contributed by atoms with van der Waals surface area (Å²) < 4.78 is 5.39. The van der Waals surface area contributed by atoms with Crippen LogP contribution in [0.15, 0.2) is 18.2 Å². The Morgan fingerprint density at radius 2 is 1.80 bits per heavy atom. The fraction of sp³-hybridized carbons (Fsp3) is 0.571. The maximum Gasteiger partial charge on any atom is 0.328 e. The molecule has 3 fully saturated rings. The fourth-order valence-corrected chi connectivity index (χ4v) is 4.49. The minimum atomic E-state index is -0.494. The van der Waals surface area contributed by atoms with Crippen molar-refractivity contribution in [2.24, 2.45) is 0 Å². The number of benzene rings is 1. The SMILES string of the molecule is COc1ccc(C(=O)N2CCC(N3CCNCC3)CC2)cc1N1CCC(=O)NC1=O. The first-order valence-electron chi connectivity index (χ1n) is 10.6. The van der Waals surface area contributed by atoms with Gasteiger partial charge in [-0.05, 0) is 31.0 Å². The molecule has 30 heavy (non-hydrogen) atoms. The topological polar surface area (TPSA) is 94.2 Å². The van der Waals surface area contributed by atoms with Crippen LogP contribution in [0.5, 0.6) is 5.75 Å². The summed E-state index contributed by atoms with van der Waals surface area (Å²) in [4.78, 5) is 42.8. The number of nitrogens with one attached hydrogen (secondary N) is 2. The van der Waals surface area contributed by atoms with E-state index >= 15 is 0 Å². The summed E-state index contributed by atoms with van der Waals surface area (Å²) in [6.07, 6.45) is 2.17. The van der Waals surface area contributed by atoms with E-state index in [0.717, 1.165) is 52.1 Å². The number of carbonyl (C=O) groups is 3. The molecule has 4 rings (SSSR count). The fourth-order valence-electron chi connectivity index (χ4n) is 4.49. The van der Waals surface area contributed by atoms with Crippen LogP contribution < -0.4 is 20.3 Å². The highest BCUT2D eigenvalue weighted by Crippen LogP contribution is 2.31. The summed E-state index contributed by atoms with van der Waals surface area (Å²) in [5.74, 6) is 0.162. The van der Waals surface area contributed by atoms with Crippen molar-refractivity contribution < 1.29 is 19.1 Å². The second-order valence-corrected chi connectivity index (χ2v) is 7.95. The monoisotopic (exact) mass is 415 g/mol. The first-order valence-corrected chi connectivity index (χ1v) is 10.6. The summed E-state index contributed by atoms with van der Waals surface area (Å²) in [6, 6.07) is 5.18. The third-order valence-corrected chi connectivity index (χ3v) is 6.19. The zero-order valence-corrected chi connectivity index (χ0v) is 17.4. The van der Waals surface area contributed by atoms with Gasteiger partial charge in [-0.2, -0.15) is 0 Å². The molecule has 0 spiro atoms. The van der Waals surface area contributed by atoms with Gasteiger partial charge in [0.15, 0.2) is 0 Å². The van der Waals surface area contributed by atoms with Crippen LogP contribution in [-0.2, 0) is 4.79 Å². The number of hydrogen-bond donors (Lipinski definition) is 2. The van der Waals surface area contributed by atoms with E-state index in [1.807, 2.05) is 4.90 Å². The number of methoxy groups -OCH3 is 1. The number of amides is 4. The Morgan fingerprint density at radius 1 is 1.07 bits per heavy atom. The average Bonchev–Trinajstić information content (AvgIpc) is 2.79. The maximum absolute atomic E-state index is 13.1. The Balaban J connectivity index is 1.45. The molecule has 4 amide bonds. The number of hydrogen-bond acceptors (Lipinski definition) is 6. The number of anilines is 1. The first kappa shape index (κ1) is 20.6. The molecular weight excluding hydrogens is 386 g/mol. The number of imide groups is 1. The predicted molar refractivity (Wildman–Crippen MR) is 112 cm³/mol. The second-order valence-electron chi connectivity index (χ2n) is 7.95. The van der Waals surface area contributed by atoms with E-state index in [-0.39, 0.29) is 24.8 Å². The molecule has 1 aromatic carbocycles. The van der Waals surface area contributed by atoms with Gasteiger partial charge in [0.2, 0.25) is 5.91 Å². The molecule has 0 bridgehead atoms. The van der Waals surface area contributed by atoms with Gasteiger partial charge in [0.1, 0.15) is 5.75 Å². The van der Waals surface area contributed by atoms with Crippen LogP contribution in [0.1, 0.15) is 29.6 Å². The van der Waals surface area contributed by atoms with Crippen molar-refractivity contribution in [2.45, 2.75) is 25.3 Å². The number of likely N-dealkylation sites (tertiary alicyclic amines) is 1. The zero-order valence-electron chi connectivity index (χ0n) is 17.4. The predicted octanol–water partition coefficient (Wildman–Crippen LogP) is 0.651. The number of nitrogens with zero attached hydrogens (tertiary/aromatic N) is 3. The highest BCUT2D eigenvalue weighted by molar-refractivity contribution is 6.07. The molecule has 3 aliphatic rings. The van der Waals surface area contributed by atoms with Crippen molar-refractivity contribution in [3.63, 3.8) is 0 Å². The summed E-state index contributed by atoms with van der Waals surface area (Å²) >= 11 is 0. The summed E-state index contributed by atoms with van der Waals surface area (Å²) in [7, 11) is 1.52. The van der Waals surface area contributed by atoms with Gasteiger partial charge in [0, 0.05) is 63.8 Å². The molecule has 3 heterocycles. The van der Waals surface area contributed by atoms with Crippen LogP contribution in [0.2, 0.25) is 0 Å². The quantitative estimate of drug-likeness (QED) is 0.750. The van der Waals surface area contributed by atoms with E-state index < -0.39 is 6.03 Å². The van der Waals surface area contributed by atoms with Gasteiger partial charge in [-0.1, -0.05) is 0 Å². The number of ether oxygens (including phenoxy) is 1. The molecule has 3 saturated heterocycles. The highest BCUT2D eigenvalue weighted by atomic mass is 16.5. The Morgan fingerprint density at radius 3 is 2.47 bits per heavy atom. The molecule has 0 aromatic heterocycles. The van der Waals surface area contributed by atoms with Crippen molar-refractivity contribution >= 4 is 23.5 Å². The van der Waals surface area contributed by atoms with E-state index in [0.29, 0.717) is 23.0 Å². The number of piperazine rings is 1. The molecule has 0 unspecified atom stereocenters. The van der Waals surface area contributed by atoms with Crippen LogP contribution >= 0.6 is 0 Å². The maximum atomic E-state index is 13.1. The van der Waals surface area contributed by atoms with Crippen LogP contribution in [0.4, 0.5) is 10.5 Å². The third-order valence-electron chi connectivity index (χ3n) is 6.19. The lowest BCUT2D eigenvalue weighted by Crippen LogP contribution is -2.52. The number of rotatable bonds is 4. The molecule has 3 aliphatic heterocycles. The Hall–Kier alpha value is -2.65. The Bertz CT molecular complexity index is 816. The molecule has 2 N–H and O–H groups in total. The van der Waals surface area contributed by atoms with Crippen LogP contribution in [-0.4, -0.2) is 86.6 Å². The van der Waals surface area contributed by atoms with E-state index in [4.69, 9.17) is 4.74 Å². The number of urea groups is 1. The lowest BCUT2D eigenvalue weighted by Gasteiger charge is -2.40. The van der Waals surface area contributed by atoms with Crippen molar-refractivity contribution in [1.82, 2.24) is 20.4 Å². The lowest BCUT2D eigenvalue weighted by atomic mass is 10.0. The molecule has 9 nitrogen and oxygen atoms in total. The summed E-state index contributed by atoms with van der Waals surface area (Å²) in [5.41, 5.74) is 1.03. The van der Waals surface area contributed by atoms with E-state index in [1.165, 1.54) is 12.0 Å². The van der Waals surface area contributed by atoms with Crippen LogP contribution in [0.3, 0.4) is 0 Å². The largest absolute Gasteiger partial charge is 0.495 e. The average molecular weight is 415 g/mol. The summed E-state index contributed by atoms with van der Waals surface area (Å²) in [6.45, 7) is 5.92. The molecule has 1 aromatic rings. The van der Waals surface area contributed by atoms with Crippen molar-refractivity contribution in [2.75, 3.05) is 57.8 Å². The van der Waals surface area contributed by atoms with Crippen LogP contribution in [0.25, 0.3) is 0 Å². The van der Waals surface area contributed by atoms with Gasteiger partial charge in [-0.25, -0.2) is 4.79 Å². The molecule has 0 atom stereocenters. The molecule has 0 radical (unpaired) electrons. The normalized spacial score (nSPS) is 21.5. The van der Waals surface area contributed by atoms with Gasteiger partial charge in [0.05, 0.1) is 12.8 Å². The van der Waals surface area contributed by atoms with Gasteiger partial charge in [0.25, 0.3) is 5.91 Å².